The first-order valence-corrected chi connectivity index (χ1v) is 6.57. The first-order chi connectivity index (χ1) is 8.70. The van der Waals surface area contributed by atoms with E-state index < -0.39 is 0 Å². The Morgan fingerprint density at radius 2 is 2.00 bits per heavy atom. The van der Waals surface area contributed by atoms with Crippen LogP contribution in [-0.4, -0.2) is 22.8 Å². The molecule has 0 unspecified atom stereocenters. The summed E-state index contributed by atoms with van der Waals surface area (Å²) in [7, 11) is 0. The van der Waals surface area contributed by atoms with E-state index in [9.17, 15) is 4.79 Å². The van der Waals surface area contributed by atoms with Crippen molar-refractivity contribution in [3.05, 3.63) is 5.69 Å². The highest BCUT2D eigenvalue weighted by Gasteiger charge is 2.22. The lowest BCUT2D eigenvalue weighted by Crippen LogP contribution is -2.31. The highest BCUT2D eigenvalue weighted by molar-refractivity contribution is 5.95. The molecule has 0 bridgehead atoms. The summed E-state index contributed by atoms with van der Waals surface area (Å²) in [4.78, 5) is 11.7. The van der Waals surface area contributed by atoms with Crippen molar-refractivity contribution in [1.82, 2.24) is 15.6 Å². The first kappa shape index (κ1) is 12.9. The number of hydrogen-bond acceptors (Lipinski definition) is 5. The van der Waals surface area contributed by atoms with Crippen LogP contribution in [0.1, 0.15) is 49.5 Å². The number of carbonyl (C=O) groups is 1. The number of nitrogens with two attached hydrogens (primary N) is 1. The van der Waals surface area contributed by atoms with Crippen molar-refractivity contribution in [3.63, 3.8) is 0 Å². The van der Waals surface area contributed by atoms with Gasteiger partial charge in [0.25, 0.3) is 5.91 Å². The summed E-state index contributed by atoms with van der Waals surface area (Å²) >= 11 is 0. The van der Waals surface area contributed by atoms with Gasteiger partial charge in [0.05, 0.1) is 0 Å². The lowest BCUT2D eigenvalue weighted by atomic mass is 9.81. The number of nitrogens with zero attached hydrogens (tertiary/aromatic N) is 2. The molecule has 1 amide bonds. The molecule has 1 heterocycles. The molecule has 1 fully saturated rings. The molecule has 0 aromatic carbocycles. The number of nitrogens with one attached hydrogen (secondary N) is 1. The summed E-state index contributed by atoms with van der Waals surface area (Å²) in [5.41, 5.74) is 5.54. The van der Waals surface area contributed by atoms with Crippen molar-refractivity contribution in [2.45, 2.75) is 39.0 Å². The standard InChI is InChI=1S/C12H20N4O2/c1-2-8-3-5-9(6-4-8)7-14-12(17)10-11(13)16-18-15-10/h8-9H,2-7H2,1H3,(H2,13,16)(H,14,17). The van der Waals surface area contributed by atoms with Crippen LogP contribution in [-0.2, 0) is 0 Å². The van der Waals surface area contributed by atoms with Crippen molar-refractivity contribution in [2.75, 3.05) is 12.3 Å². The van der Waals surface area contributed by atoms with Gasteiger partial charge in [0.2, 0.25) is 11.5 Å². The van der Waals surface area contributed by atoms with E-state index >= 15 is 0 Å². The largest absolute Gasteiger partial charge is 0.379 e. The predicted octanol–water partition coefficient (Wildman–Crippen LogP) is 1.60. The molecule has 1 aromatic heterocycles. The van der Waals surface area contributed by atoms with Crippen LogP contribution in [0.3, 0.4) is 0 Å². The van der Waals surface area contributed by atoms with Crippen LogP contribution in [0, 0.1) is 11.8 Å². The normalized spacial score (nSPS) is 23.8. The summed E-state index contributed by atoms with van der Waals surface area (Å²) < 4.78 is 4.40. The van der Waals surface area contributed by atoms with E-state index in [0.717, 1.165) is 5.92 Å². The smallest absolute Gasteiger partial charge is 0.277 e. The first-order valence-electron chi connectivity index (χ1n) is 6.57. The predicted molar refractivity (Wildman–Crippen MR) is 66.8 cm³/mol. The molecule has 0 spiro atoms. The van der Waals surface area contributed by atoms with E-state index in [1.54, 1.807) is 0 Å². The Labute approximate surface area is 106 Å². The molecule has 1 aromatic rings. The van der Waals surface area contributed by atoms with E-state index in [2.05, 4.69) is 27.2 Å². The molecule has 1 aliphatic rings. The summed E-state index contributed by atoms with van der Waals surface area (Å²) in [5.74, 6) is 1.18. The Kier molecular flexibility index (Phi) is 4.17. The SMILES string of the molecule is CCC1CCC(CNC(=O)c2nonc2N)CC1. The zero-order valence-electron chi connectivity index (χ0n) is 10.7. The number of rotatable bonds is 4. The molecule has 0 atom stereocenters. The highest BCUT2D eigenvalue weighted by atomic mass is 16.6. The monoisotopic (exact) mass is 252 g/mol. The van der Waals surface area contributed by atoms with Gasteiger partial charge in [-0.1, -0.05) is 26.2 Å². The molecule has 1 saturated carbocycles. The average Bonchev–Trinajstić information content (AvgIpc) is 2.83. The second-order valence-electron chi connectivity index (χ2n) is 5.00. The van der Waals surface area contributed by atoms with Gasteiger partial charge in [-0.15, -0.1) is 0 Å². The number of carbonyl (C=O) groups excluding carboxylic acids is 1. The summed E-state index contributed by atoms with van der Waals surface area (Å²) in [6, 6.07) is 0. The molecule has 100 valence electrons. The molecule has 2 rings (SSSR count). The third-order valence-corrected chi connectivity index (χ3v) is 3.82. The lowest BCUT2D eigenvalue weighted by Gasteiger charge is -2.27. The van der Waals surface area contributed by atoms with Crippen molar-refractivity contribution in [1.29, 1.82) is 0 Å². The van der Waals surface area contributed by atoms with Gasteiger partial charge < -0.3 is 11.1 Å². The van der Waals surface area contributed by atoms with E-state index in [4.69, 9.17) is 5.73 Å². The lowest BCUT2D eigenvalue weighted by molar-refractivity contribution is 0.0932. The molecule has 3 N–H and O–H groups in total. The van der Waals surface area contributed by atoms with Gasteiger partial charge in [0.1, 0.15) is 0 Å². The second kappa shape index (κ2) is 5.84. The van der Waals surface area contributed by atoms with E-state index in [1.165, 1.54) is 32.1 Å². The van der Waals surface area contributed by atoms with E-state index in [-0.39, 0.29) is 17.4 Å². The average molecular weight is 252 g/mol. The summed E-state index contributed by atoms with van der Waals surface area (Å²) in [6.45, 7) is 2.93. The van der Waals surface area contributed by atoms with Crippen molar-refractivity contribution >= 4 is 11.7 Å². The van der Waals surface area contributed by atoms with Crippen molar-refractivity contribution < 1.29 is 9.42 Å². The minimum Gasteiger partial charge on any atom is -0.379 e. The van der Waals surface area contributed by atoms with Gasteiger partial charge in [-0.25, -0.2) is 4.63 Å². The zero-order valence-corrected chi connectivity index (χ0v) is 10.7. The van der Waals surface area contributed by atoms with Crippen LogP contribution in [0.25, 0.3) is 0 Å². The van der Waals surface area contributed by atoms with E-state index in [0.29, 0.717) is 12.5 Å². The fourth-order valence-corrected chi connectivity index (χ4v) is 2.52. The molecule has 6 nitrogen and oxygen atoms in total. The Bertz CT molecular complexity index is 397. The van der Waals surface area contributed by atoms with Crippen LogP contribution < -0.4 is 11.1 Å². The maximum Gasteiger partial charge on any atom is 0.277 e. The van der Waals surface area contributed by atoms with Crippen LogP contribution in [0.15, 0.2) is 4.63 Å². The fourth-order valence-electron chi connectivity index (χ4n) is 2.52. The van der Waals surface area contributed by atoms with Gasteiger partial charge >= 0.3 is 0 Å². The molecule has 18 heavy (non-hydrogen) atoms. The van der Waals surface area contributed by atoms with Gasteiger partial charge in [-0.3, -0.25) is 4.79 Å². The number of hydrogen-bond donors (Lipinski definition) is 2. The topological polar surface area (TPSA) is 94.0 Å². The number of amides is 1. The minimum absolute atomic E-state index is 0.0437. The summed E-state index contributed by atoms with van der Waals surface area (Å²) in [6.07, 6.45) is 6.17. The van der Waals surface area contributed by atoms with Gasteiger partial charge in [0, 0.05) is 6.54 Å². The zero-order chi connectivity index (χ0) is 13.0. The molecular formula is C12H20N4O2. The van der Waals surface area contributed by atoms with Crippen LogP contribution >= 0.6 is 0 Å². The fraction of sp³-hybridized carbons (Fsp3) is 0.750. The maximum atomic E-state index is 11.7. The van der Waals surface area contributed by atoms with Crippen LogP contribution in [0.5, 0.6) is 0 Å². The third-order valence-electron chi connectivity index (χ3n) is 3.82. The Hall–Kier alpha value is -1.59. The minimum atomic E-state index is -0.300. The molecule has 0 radical (unpaired) electrons. The third kappa shape index (κ3) is 3.00. The van der Waals surface area contributed by atoms with E-state index in [1.807, 2.05) is 0 Å². The molecular weight excluding hydrogens is 232 g/mol. The second-order valence-corrected chi connectivity index (χ2v) is 5.00. The van der Waals surface area contributed by atoms with Gasteiger partial charge in [0.15, 0.2) is 0 Å². The highest BCUT2D eigenvalue weighted by Crippen LogP contribution is 2.30. The Morgan fingerprint density at radius 3 is 2.56 bits per heavy atom. The molecule has 6 heteroatoms. The Morgan fingerprint density at radius 1 is 1.33 bits per heavy atom. The van der Waals surface area contributed by atoms with Gasteiger partial charge in [-0.05, 0) is 35.0 Å². The molecule has 0 saturated heterocycles. The quantitative estimate of drug-likeness (QED) is 0.848. The summed E-state index contributed by atoms with van der Waals surface area (Å²) in [5, 5.41) is 9.71. The number of aromatic nitrogens is 2. The molecule has 0 aliphatic heterocycles. The van der Waals surface area contributed by atoms with Crippen LogP contribution in [0.2, 0.25) is 0 Å². The Balaban J connectivity index is 1.76. The maximum absolute atomic E-state index is 11.7. The van der Waals surface area contributed by atoms with Crippen molar-refractivity contribution in [3.8, 4) is 0 Å². The number of anilines is 1. The molecule has 1 aliphatic carbocycles. The van der Waals surface area contributed by atoms with Crippen molar-refractivity contribution in [2.24, 2.45) is 11.8 Å². The van der Waals surface area contributed by atoms with Crippen LogP contribution in [0.4, 0.5) is 5.82 Å². The van der Waals surface area contributed by atoms with Gasteiger partial charge in [-0.2, -0.15) is 0 Å². The number of nitrogen functional groups attached to an aromatic ring is 1.